The fourth-order valence-corrected chi connectivity index (χ4v) is 3.51. The normalized spacial score (nSPS) is 11.3. The summed E-state index contributed by atoms with van der Waals surface area (Å²) in [5, 5.41) is 14.1. The Morgan fingerprint density at radius 1 is 1.07 bits per heavy atom. The van der Waals surface area contributed by atoms with Crippen LogP contribution >= 0.6 is 22.9 Å². The number of carbonyl (C=O) groups is 2. The third-order valence-corrected chi connectivity index (χ3v) is 4.84. The number of benzene rings is 2. The van der Waals surface area contributed by atoms with Gasteiger partial charge in [-0.05, 0) is 29.3 Å². The number of carboxylic acid groups (broad SMARTS) is 1. The lowest BCUT2D eigenvalue weighted by atomic mass is 10.0. The molecule has 0 radical (unpaired) electrons. The average molecular weight is 402 g/mol. The molecule has 7 heteroatoms. The van der Waals surface area contributed by atoms with E-state index in [0.29, 0.717) is 21.7 Å². The first-order valence-electron chi connectivity index (χ1n) is 7.80. The molecule has 0 aliphatic heterocycles. The van der Waals surface area contributed by atoms with Crippen LogP contribution in [0.5, 0.6) is 0 Å². The predicted octanol–water partition coefficient (Wildman–Crippen LogP) is 5.72. The summed E-state index contributed by atoms with van der Waals surface area (Å²) in [6, 6.07) is 15.2. The molecule has 0 spiro atoms. The highest BCUT2D eigenvalue weighted by Crippen LogP contribution is 2.36. The number of nitrogens with one attached hydrogen (secondary N) is 1. The van der Waals surface area contributed by atoms with Crippen LogP contribution in [0.1, 0.15) is 15.9 Å². The summed E-state index contributed by atoms with van der Waals surface area (Å²) in [5.41, 5.74) is 1.49. The van der Waals surface area contributed by atoms with Gasteiger partial charge in [0.1, 0.15) is 10.6 Å². The van der Waals surface area contributed by atoms with Gasteiger partial charge in [-0.1, -0.05) is 54.1 Å². The molecule has 1 amide bonds. The molecule has 0 aliphatic carbocycles. The topological polar surface area (TPSA) is 66.4 Å². The van der Waals surface area contributed by atoms with Crippen molar-refractivity contribution in [3.63, 3.8) is 0 Å². The molecule has 0 saturated carbocycles. The molecule has 0 bridgehead atoms. The third kappa shape index (κ3) is 4.42. The Kier molecular flexibility index (Phi) is 5.69. The second-order valence-corrected chi connectivity index (χ2v) is 6.84. The first-order chi connectivity index (χ1) is 13.0. The van der Waals surface area contributed by atoms with Crippen LogP contribution in [0.2, 0.25) is 5.02 Å². The Morgan fingerprint density at radius 3 is 2.37 bits per heavy atom. The lowest BCUT2D eigenvalue weighted by Gasteiger charge is -2.05. The number of halogens is 2. The SMILES string of the molecule is O=C(Nc1scc(-c2ccc(Cl)cc2)c1C(=O)O)C(F)=Cc1ccccc1. The highest BCUT2D eigenvalue weighted by molar-refractivity contribution is 7.15. The van der Waals surface area contributed by atoms with Gasteiger partial charge in [-0.2, -0.15) is 0 Å². The van der Waals surface area contributed by atoms with Crippen molar-refractivity contribution in [3.8, 4) is 11.1 Å². The average Bonchev–Trinajstić information content (AvgIpc) is 3.07. The van der Waals surface area contributed by atoms with Gasteiger partial charge in [0.05, 0.1) is 0 Å². The van der Waals surface area contributed by atoms with Crippen molar-refractivity contribution in [1.82, 2.24) is 0 Å². The Labute approximate surface area is 163 Å². The zero-order valence-corrected chi connectivity index (χ0v) is 15.4. The number of hydrogen-bond donors (Lipinski definition) is 2. The molecule has 136 valence electrons. The van der Waals surface area contributed by atoms with E-state index in [4.69, 9.17) is 11.6 Å². The molecule has 2 aromatic carbocycles. The first-order valence-corrected chi connectivity index (χ1v) is 9.06. The first kappa shape index (κ1) is 18.8. The fourth-order valence-electron chi connectivity index (χ4n) is 2.43. The largest absolute Gasteiger partial charge is 0.478 e. The van der Waals surface area contributed by atoms with Crippen molar-refractivity contribution in [2.45, 2.75) is 0 Å². The molecule has 0 fully saturated rings. The standard InChI is InChI=1S/C20H13ClFNO3S/c21-14-8-6-13(7-9-14)15-11-27-19(17(15)20(25)26)23-18(24)16(22)10-12-4-2-1-3-5-12/h1-11H,(H,23,24)(H,25,26). The lowest BCUT2D eigenvalue weighted by Crippen LogP contribution is -2.13. The van der Waals surface area contributed by atoms with Crippen LogP contribution in [0.3, 0.4) is 0 Å². The Bertz CT molecular complexity index is 1010. The zero-order chi connectivity index (χ0) is 19.4. The number of carbonyl (C=O) groups excluding carboxylic acids is 1. The van der Waals surface area contributed by atoms with E-state index in [2.05, 4.69) is 5.32 Å². The molecule has 3 rings (SSSR count). The maximum Gasteiger partial charge on any atom is 0.339 e. The van der Waals surface area contributed by atoms with E-state index in [-0.39, 0.29) is 10.6 Å². The third-order valence-electron chi connectivity index (χ3n) is 3.70. The van der Waals surface area contributed by atoms with Gasteiger partial charge in [-0.25, -0.2) is 9.18 Å². The summed E-state index contributed by atoms with van der Waals surface area (Å²) in [6.45, 7) is 0. The van der Waals surface area contributed by atoms with Crippen LogP contribution in [-0.2, 0) is 4.79 Å². The zero-order valence-electron chi connectivity index (χ0n) is 13.8. The summed E-state index contributed by atoms with van der Waals surface area (Å²) >= 11 is 6.87. The van der Waals surface area contributed by atoms with Crippen molar-refractivity contribution in [2.75, 3.05) is 5.32 Å². The van der Waals surface area contributed by atoms with Gasteiger partial charge in [0.2, 0.25) is 0 Å². The number of carboxylic acids is 1. The van der Waals surface area contributed by atoms with Crippen LogP contribution in [0, 0.1) is 0 Å². The lowest BCUT2D eigenvalue weighted by molar-refractivity contribution is -0.114. The van der Waals surface area contributed by atoms with E-state index < -0.39 is 17.7 Å². The van der Waals surface area contributed by atoms with Crippen molar-refractivity contribution in [2.24, 2.45) is 0 Å². The van der Waals surface area contributed by atoms with Gasteiger partial charge in [0.25, 0.3) is 5.91 Å². The van der Waals surface area contributed by atoms with Crippen LogP contribution in [0.15, 0.2) is 65.8 Å². The number of anilines is 1. The molecular weight excluding hydrogens is 389 g/mol. The van der Waals surface area contributed by atoms with Crippen molar-refractivity contribution in [1.29, 1.82) is 0 Å². The van der Waals surface area contributed by atoms with Gasteiger partial charge >= 0.3 is 5.97 Å². The van der Waals surface area contributed by atoms with Crippen LogP contribution < -0.4 is 5.32 Å². The molecule has 3 aromatic rings. The highest BCUT2D eigenvalue weighted by Gasteiger charge is 2.22. The highest BCUT2D eigenvalue weighted by atomic mass is 35.5. The van der Waals surface area contributed by atoms with Crippen molar-refractivity contribution < 1.29 is 19.1 Å². The number of rotatable bonds is 5. The maximum atomic E-state index is 14.2. The van der Waals surface area contributed by atoms with E-state index in [1.54, 1.807) is 60.0 Å². The monoisotopic (exact) mass is 401 g/mol. The fraction of sp³-hybridized carbons (Fsp3) is 0. The van der Waals surface area contributed by atoms with Crippen molar-refractivity contribution in [3.05, 3.63) is 82.0 Å². The Balaban J connectivity index is 1.89. The molecule has 0 atom stereocenters. The van der Waals surface area contributed by atoms with E-state index in [1.165, 1.54) is 0 Å². The molecule has 27 heavy (non-hydrogen) atoms. The number of amides is 1. The van der Waals surface area contributed by atoms with Crippen LogP contribution in [-0.4, -0.2) is 17.0 Å². The summed E-state index contributed by atoms with van der Waals surface area (Å²) < 4.78 is 14.2. The van der Waals surface area contributed by atoms with Crippen LogP contribution in [0.4, 0.5) is 9.39 Å². The minimum Gasteiger partial charge on any atom is -0.478 e. The van der Waals surface area contributed by atoms with Gasteiger partial charge < -0.3 is 10.4 Å². The number of hydrogen-bond acceptors (Lipinski definition) is 3. The van der Waals surface area contributed by atoms with E-state index >= 15 is 0 Å². The Morgan fingerprint density at radius 2 is 1.74 bits per heavy atom. The minimum absolute atomic E-state index is 0.0639. The minimum atomic E-state index is -1.22. The second kappa shape index (κ2) is 8.16. The number of thiophene rings is 1. The smallest absolute Gasteiger partial charge is 0.339 e. The summed E-state index contributed by atoms with van der Waals surface area (Å²) in [5.74, 6) is -3.24. The molecule has 1 aromatic heterocycles. The van der Waals surface area contributed by atoms with E-state index in [0.717, 1.165) is 17.4 Å². The predicted molar refractivity (Wildman–Crippen MR) is 106 cm³/mol. The molecule has 0 aliphatic rings. The van der Waals surface area contributed by atoms with Gasteiger partial charge in [-0.3, -0.25) is 4.79 Å². The maximum absolute atomic E-state index is 14.2. The van der Waals surface area contributed by atoms with E-state index in [9.17, 15) is 19.1 Å². The summed E-state index contributed by atoms with van der Waals surface area (Å²) in [4.78, 5) is 23.8. The quantitative estimate of drug-likeness (QED) is 0.537. The molecule has 1 heterocycles. The molecule has 4 nitrogen and oxygen atoms in total. The van der Waals surface area contributed by atoms with Gasteiger partial charge in [0, 0.05) is 16.0 Å². The molecule has 2 N–H and O–H groups in total. The Hall–Kier alpha value is -2.96. The second-order valence-electron chi connectivity index (χ2n) is 5.52. The molecule has 0 saturated heterocycles. The number of aromatic carboxylic acids is 1. The van der Waals surface area contributed by atoms with Gasteiger partial charge in [0.15, 0.2) is 5.83 Å². The summed E-state index contributed by atoms with van der Waals surface area (Å²) in [7, 11) is 0. The summed E-state index contributed by atoms with van der Waals surface area (Å²) in [6.07, 6.45) is 1.09. The van der Waals surface area contributed by atoms with E-state index in [1.807, 2.05) is 0 Å². The van der Waals surface area contributed by atoms with Crippen molar-refractivity contribution >= 4 is 45.9 Å². The molecular formula is C20H13ClFNO3S. The van der Waals surface area contributed by atoms with Gasteiger partial charge in [-0.15, -0.1) is 11.3 Å². The molecule has 0 unspecified atom stereocenters. The van der Waals surface area contributed by atoms with Crippen LogP contribution in [0.25, 0.3) is 17.2 Å².